The van der Waals surface area contributed by atoms with Gasteiger partial charge in [-0.3, -0.25) is 19.3 Å². The summed E-state index contributed by atoms with van der Waals surface area (Å²) >= 11 is 0.800. The van der Waals surface area contributed by atoms with Crippen molar-refractivity contribution in [2.24, 2.45) is 0 Å². The molecule has 2 aromatic rings. The fourth-order valence-corrected chi connectivity index (χ4v) is 4.08. The summed E-state index contributed by atoms with van der Waals surface area (Å²) < 4.78 is 29.6. The van der Waals surface area contributed by atoms with E-state index < -0.39 is 22.9 Å². The van der Waals surface area contributed by atoms with Crippen LogP contribution in [-0.2, 0) is 16.0 Å². The lowest BCUT2D eigenvalue weighted by atomic mass is 10.1. The van der Waals surface area contributed by atoms with Gasteiger partial charge in [0.1, 0.15) is 5.82 Å². The molecule has 0 radical (unpaired) electrons. The molecule has 1 aliphatic heterocycles. The van der Waals surface area contributed by atoms with E-state index in [1.54, 1.807) is 30.3 Å². The first-order valence-electron chi connectivity index (χ1n) is 9.93. The lowest BCUT2D eigenvalue weighted by Crippen LogP contribution is -2.37. The number of methoxy groups -OCH3 is 3. The molecule has 1 heterocycles. The average Bonchev–Trinajstić information content (AvgIpc) is 3.07. The van der Waals surface area contributed by atoms with E-state index in [9.17, 15) is 18.8 Å². The molecule has 1 saturated heterocycles. The van der Waals surface area contributed by atoms with Crippen molar-refractivity contribution in [2.75, 3.05) is 34.4 Å². The number of carbonyl (C=O) groups is 3. The van der Waals surface area contributed by atoms with E-state index in [0.717, 1.165) is 16.7 Å². The molecule has 3 rings (SSSR count). The van der Waals surface area contributed by atoms with Gasteiger partial charge in [0.05, 0.1) is 32.7 Å². The van der Waals surface area contributed by atoms with Gasteiger partial charge in [0.25, 0.3) is 11.1 Å². The molecule has 0 bridgehead atoms. The first kappa shape index (κ1) is 24.1. The van der Waals surface area contributed by atoms with Gasteiger partial charge in [0, 0.05) is 13.1 Å². The zero-order chi connectivity index (χ0) is 24.0. The van der Waals surface area contributed by atoms with E-state index in [4.69, 9.17) is 14.2 Å². The highest BCUT2D eigenvalue weighted by atomic mass is 32.2. The molecule has 8 nitrogen and oxygen atoms in total. The van der Waals surface area contributed by atoms with Gasteiger partial charge in [-0.1, -0.05) is 18.2 Å². The van der Waals surface area contributed by atoms with Crippen molar-refractivity contribution in [3.8, 4) is 17.2 Å². The van der Waals surface area contributed by atoms with Crippen molar-refractivity contribution >= 4 is 34.9 Å². The third-order valence-corrected chi connectivity index (χ3v) is 5.73. The minimum atomic E-state index is -0.470. The van der Waals surface area contributed by atoms with Crippen LogP contribution < -0.4 is 19.5 Å². The monoisotopic (exact) mass is 474 g/mol. The van der Waals surface area contributed by atoms with Crippen LogP contribution in [0, 0.1) is 5.82 Å². The van der Waals surface area contributed by atoms with Crippen LogP contribution in [-0.4, -0.2) is 56.4 Å². The molecule has 1 N–H and O–H groups in total. The van der Waals surface area contributed by atoms with Crippen LogP contribution in [0.5, 0.6) is 17.2 Å². The number of thioether (sulfide) groups is 1. The molecule has 174 valence electrons. The zero-order valence-corrected chi connectivity index (χ0v) is 19.2. The summed E-state index contributed by atoms with van der Waals surface area (Å²) in [6, 6.07) is 9.33. The van der Waals surface area contributed by atoms with Crippen molar-refractivity contribution in [3.05, 3.63) is 58.2 Å². The molecule has 0 aromatic heterocycles. The molecular weight excluding hydrogens is 451 g/mol. The first-order chi connectivity index (χ1) is 15.9. The Kier molecular flexibility index (Phi) is 7.94. The number of amides is 3. The molecule has 0 unspecified atom stereocenters. The second kappa shape index (κ2) is 10.9. The van der Waals surface area contributed by atoms with Gasteiger partial charge < -0.3 is 19.5 Å². The first-order valence-corrected chi connectivity index (χ1v) is 10.7. The average molecular weight is 475 g/mol. The molecule has 0 spiro atoms. The van der Waals surface area contributed by atoms with Crippen molar-refractivity contribution in [1.82, 2.24) is 10.2 Å². The number of ether oxygens (including phenoxy) is 3. The maximum absolute atomic E-state index is 13.7. The summed E-state index contributed by atoms with van der Waals surface area (Å²) in [6.45, 7) is 0.0586. The Morgan fingerprint density at radius 1 is 1.09 bits per heavy atom. The molecule has 33 heavy (non-hydrogen) atoms. The fourth-order valence-electron chi connectivity index (χ4n) is 3.21. The van der Waals surface area contributed by atoms with Gasteiger partial charge >= 0.3 is 0 Å². The van der Waals surface area contributed by atoms with Crippen molar-refractivity contribution in [3.63, 3.8) is 0 Å². The van der Waals surface area contributed by atoms with Gasteiger partial charge in [-0.2, -0.15) is 0 Å². The van der Waals surface area contributed by atoms with Gasteiger partial charge in [-0.05, 0) is 47.2 Å². The topological polar surface area (TPSA) is 94.2 Å². The number of carbonyl (C=O) groups excluding carboxylic acids is 3. The van der Waals surface area contributed by atoms with Crippen LogP contribution in [0.25, 0.3) is 6.08 Å². The molecule has 10 heteroatoms. The predicted octanol–water partition coefficient (Wildman–Crippen LogP) is 3.25. The van der Waals surface area contributed by atoms with E-state index in [0.29, 0.717) is 22.8 Å². The number of hydrogen-bond acceptors (Lipinski definition) is 7. The van der Waals surface area contributed by atoms with Crippen LogP contribution in [0.15, 0.2) is 41.3 Å². The summed E-state index contributed by atoms with van der Waals surface area (Å²) in [6.07, 6.45) is 1.43. The van der Waals surface area contributed by atoms with Crippen LogP contribution in [0.2, 0.25) is 0 Å². The summed E-state index contributed by atoms with van der Waals surface area (Å²) in [7, 11) is 4.45. The summed E-state index contributed by atoms with van der Waals surface area (Å²) in [4.78, 5) is 38.4. The summed E-state index contributed by atoms with van der Waals surface area (Å²) in [5.74, 6) is -0.0890. The molecule has 0 saturated carbocycles. The standard InChI is InChI=1S/C23H23FN2O6S/c1-30-17-10-14(11-18(31-2)21(17)32-3)12-19-22(28)26(23(29)33-19)9-8-25-20(27)13-15-6-4-5-7-16(15)24/h4-7,10-12H,8-9,13H2,1-3H3,(H,25,27). The lowest BCUT2D eigenvalue weighted by molar-refractivity contribution is -0.124. The SMILES string of the molecule is COc1cc(C=C2SC(=O)N(CCNC(=O)Cc3ccccc3F)C2=O)cc(OC)c1OC. The van der Waals surface area contributed by atoms with Crippen LogP contribution in [0.4, 0.5) is 9.18 Å². The summed E-state index contributed by atoms with van der Waals surface area (Å²) in [5, 5.41) is 2.16. The number of halogens is 1. The number of nitrogens with one attached hydrogen (secondary N) is 1. The molecule has 3 amide bonds. The number of rotatable bonds is 9. The maximum Gasteiger partial charge on any atom is 0.293 e. The van der Waals surface area contributed by atoms with Gasteiger partial charge in [0.2, 0.25) is 11.7 Å². The quantitative estimate of drug-likeness (QED) is 0.558. The van der Waals surface area contributed by atoms with Gasteiger partial charge in [-0.15, -0.1) is 0 Å². The van der Waals surface area contributed by atoms with E-state index in [1.807, 2.05) is 0 Å². The van der Waals surface area contributed by atoms with Crippen molar-refractivity contribution in [2.45, 2.75) is 6.42 Å². The van der Waals surface area contributed by atoms with Gasteiger partial charge in [-0.25, -0.2) is 4.39 Å². The minimum Gasteiger partial charge on any atom is -0.493 e. The highest BCUT2D eigenvalue weighted by Crippen LogP contribution is 2.40. The molecule has 1 fully saturated rings. The smallest absolute Gasteiger partial charge is 0.293 e. The van der Waals surface area contributed by atoms with E-state index >= 15 is 0 Å². The normalized spacial score (nSPS) is 14.5. The zero-order valence-electron chi connectivity index (χ0n) is 18.3. The Morgan fingerprint density at radius 3 is 2.36 bits per heavy atom. The Labute approximate surface area is 194 Å². The number of benzene rings is 2. The summed E-state index contributed by atoms with van der Waals surface area (Å²) in [5.41, 5.74) is 0.864. The van der Waals surface area contributed by atoms with E-state index in [-0.39, 0.29) is 30.0 Å². The van der Waals surface area contributed by atoms with Crippen LogP contribution >= 0.6 is 11.8 Å². The Hall–Kier alpha value is -3.53. The molecular formula is C23H23FN2O6S. The second-order valence-corrected chi connectivity index (χ2v) is 7.90. The largest absolute Gasteiger partial charge is 0.493 e. The molecule has 2 aromatic carbocycles. The Morgan fingerprint density at radius 2 is 1.76 bits per heavy atom. The maximum atomic E-state index is 13.7. The van der Waals surface area contributed by atoms with Crippen LogP contribution in [0.1, 0.15) is 11.1 Å². The third-order valence-electron chi connectivity index (χ3n) is 4.82. The van der Waals surface area contributed by atoms with Crippen molar-refractivity contribution < 1.29 is 33.0 Å². The predicted molar refractivity (Wildman–Crippen MR) is 122 cm³/mol. The Balaban J connectivity index is 1.64. The minimum absolute atomic E-state index is 0.000271. The Bertz CT molecular complexity index is 1080. The molecule has 1 aliphatic rings. The number of imide groups is 1. The van der Waals surface area contributed by atoms with Gasteiger partial charge in [0.15, 0.2) is 11.5 Å². The van der Waals surface area contributed by atoms with Crippen molar-refractivity contribution in [1.29, 1.82) is 0 Å². The highest BCUT2D eigenvalue weighted by molar-refractivity contribution is 8.18. The second-order valence-electron chi connectivity index (χ2n) is 6.91. The van der Waals surface area contributed by atoms with E-state index in [1.165, 1.54) is 33.5 Å². The number of nitrogens with zero attached hydrogens (tertiary/aromatic N) is 1. The highest BCUT2D eigenvalue weighted by Gasteiger charge is 2.34. The lowest BCUT2D eigenvalue weighted by Gasteiger charge is -2.13. The molecule has 0 atom stereocenters. The molecule has 0 aliphatic carbocycles. The van der Waals surface area contributed by atoms with E-state index in [2.05, 4.69) is 5.32 Å². The van der Waals surface area contributed by atoms with Crippen LogP contribution in [0.3, 0.4) is 0 Å². The fraction of sp³-hybridized carbons (Fsp3) is 0.261. The third kappa shape index (κ3) is 5.64. The number of hydrogen-bond donors (Lipinski definition) is 1.